The summed E-state index contributed by atoms with van der Waals surface area (Å²) in [5, 5.41) is 24.2. The molecule has 1 amide bonds. The van der Waals surface area contributed by atoms with Crippen LogP contribution in [0.3, 0.4) is 0 Å². The zero-order valence-corrected chi connectivity index (χ0v) is 33.2. The van der Waals surface area contributed by atoms with Gasteiger partial charge < -0.3 is 19.8 Å². The second kappa shape index (κ2) is 15.4. The van der Waals surface area contributed by atoms with E-state index in [-0.39, 0.29) is 36.4 Å². The van der Waals surface area contributed by atoms with Gasteiger partial charge in [-0.25, -0.2) is 4.79 Å². The van der Waals surface area contributed by atoms with Crippen LogP contribution >= 0.6 is 0 Å². The molecule has 0 aromatic heterocycles. The van der Waals surface area contributed by atoms with Crippen LogP contribution in [-0.2, 0) is 11.2 Å². The molecule has 4 saturated carbocycles. The molecule has 6 nitrogen and oxygen atoms in total. The molecule has 0 spiro atoms. The van der Waals surface area contributed by atoms with Crippen molar-refractivity contribution in [3.05, 3.63) is 107 Å². The molecule has 0 radical (unpaired) electrons. The van der Waals surface area contributed by atoms with Crippen molar-refractivity contribution >= 4 is 11.9 Å². The third-order valence-electron chi connectivity index (χ3n) is 14.6. The molecule has 4 fully saturated rings. The Balaban J connectivity index is 1.25. The number of benzene rings is 3. The fourth-order valence-corrected chi connectivity index (χ4v) is 11.0. The first-order chi connectivity index (χ1) is 25.8. The summed E-state index contributed by atoms with van der Waals surface area (Å²) in [7, 11) is 0. The van der Waals surface area contributed by atoms with Gasteiger partial charge in [-0.05, 0) is 135 Å². The van der Waals surface area contributed by atoms with Crippen molar-refractivity contribution in [2.24, 2.45) is 28.6 Å². The van der Waals surface area contributed by atoms with E-state index >= 15 is 0 Å². The second-order valence-corrected chi connectivity index (χ2v) is 18.0. The van der Waals surface area contributed by atoms with E-state index in [2.05, 4.69) is 58.0 Å². The molecule has 6 heteroatoms. The normalized spacial score (nSPS) is 30.4. The van der Waals surface area contributed by atoms with Crippen LogP contribution in [0, 0.1) is 28.6 Å². The zero-order valence-electron chi connectivity index (χ0n) is 33.2. The molecule has 7 atom stereocenters. The second-order valence-electron chi connectivity index (χ2n) is 18.0. The number of carbonyl (C=O) groups is 2. The summed E-state index contributed by atoms with van der Waals surface area (Å²) >= 11 is 0. The highest BCUT2D eigenvalue weighted by atomic mass is 16.6. The van der Waals surface area contributed by atoms with E-state index in [4.69, 9.17) is 4.74 Å². The van der Waals surface area contributed by atoms with Crippen molar-refractivity contribution in [3.63, 3.8) is 0 Å². The number of hydrogen-bond donors (Lipinski definition) is 2. The Labute approximate surface area is 323 Å². The predicted molar refractivity (Wildman–Crippen MR) is 215 cm³/mol. The van der Waals surface area contributed by atoms with Crippen LogP contribution < -0.4 is 0 Å². The van der Waals surface area contributed by atoms with Crippen molar-refractivity contribution in [2.75, 3.05) is 19.7 Å². The first-order valence-electron chi connectivity index (χ1n) is 20.6. The molecule has 0 heterocycles. The lowest BCUT2D eigenvalue weighted by molar-refractivity contribution is -0.120. The van der Waals surface area contributed by atoms with E-state index in [1.807, 2.05) is 60.4 Å². The van der Waals surface area contributed by atoms with Crippen LogP contribution in [-0.4, -0.2) is 58.4 Å². The van der Waals surface area contributed by atoms with Gasteiger partial charge in [-0.1, -0.05) is 99.2 Å². The first kappa shape index (κ1) is 38.5. The lowest BCUT2D eigenvalue weighted by Gasteiger charge is -2.60. The van der Waals surface area contributed by atoms with Gasteiger partial charge in [0.1, 0.15) is 0 Å². The van der Waals surface area contributed by atoms with Gasteiger partial charge in [-0.3, -0.25) is 4.79 Å². The number of nitrogens with zero attached hydrogens (tertiary/aromatic N) is 1. The number of carbonyl (C=O) groups excluding carboxylic acids is 2. The lowest BCUT2D eigenvalue weighted by Crippen LogP contribution is -2.58. The van der Waals surface area contributed by atoms with Gasteiger partial charge >= 0.3 is 6.09 Å². The minimum atomic E-state index is -1.19. The highest BCUT2D eigenvalue weighted by molar-refractivity contribution is 6.10. The quantitative estimate of drug-likeness (QED) is 0.178. The largest absolute Gasteiger partial charge is 0.450 e. The van der Waals surface area contributed by atoms with Gasteiger partial charge in [0.2, 0.25) is 0 Å². The Morgan fingerprint density at radius 1 is 0.907 bits per heavy atom. The fourth-order valence-electron chi connectivity index (χ4n) is 11.0. The van der Waals surface area contributed by atoms with Crippen LogP contribution in [0.5, 0.6) is 0 Å². The number of ketones is 1. The summed E-state index contributed by atoms with van der Waals surface area (Å²) in [6.07, 6.45) is 9.54. The summed E-state index contributed by atoms with van der Waals surface area (Å²) in [4.78, 5) is 30.3. The maximum atomic E-state index is 14.7. The Morgan fingerprint density at radius 2 is 1.65 bits per heavy atom. The minimum Gasteiger partial charge on any atom is -0.450 e. The predicted octanol–water partition coefficient (Wildman–Crippen LogP) is 10.2. The molecule has 288 valence electrons. The molecular formula is C48H61NO5. The molecule has 3 aromatic carbocycles. The highest BCUT2D eigenvalue weighted by Gasteiger charge is 2.59. The van der Waals surface area contributed by atoms with Crippen molar-refractivity contribution in [3.8, 4) is 11.1 Å². The number of amides is 1. The van der Waals surface area contributed by atoms with Crippen molar-refractivity contribution in [1.29, 1.82) is 0 Å². The smallest absolute Gasteiger partial charge is 0.409 e. The van der Waals surface area contributed by atoms with Crippen LogP contribution in [0.1, 0.15) is 125 Å². The summed E-state index contributed by atoms with van der Waals surface area (Å²) in [5.74, 6) is 1.56. The van der Waals surface area contributed by atoms with E-state index in [0.717, 1.165) is 47.4 Å². The number of rotatable bonds is 8. The maximum absolute atomic E-state index is 14.7. The Hall–Kier alpha value is -3.74. The molecule has 0 aliphatic heterocycles. The average Bonchev–Trinajstić information content (AvgIpc) is 3.42. The van der Waals surface area contributed by atoms with Gasteiger partial charge in [0.15, 0.2) is 5.78 Å². The topological polar surface area (TPSA) is 87.1 Å². The van der Waals surface area contributed by atoms with Gasteiger partial charge in [-0.2, -0.15) is 0 Å². The Bertz CT molecular complexity index is 1850. The maximum Gasteiger partial charge on any atom is 0.409 e. The molecule has 2 N–H and O–H groups in total. The standard InChI is InChI=1S/C48H61NO5/c1-6-54-45(52)49(30-37-20-21-38-29-43(37)46(38,3)4)31-48(53)26-24-42-40-23-15-33(27-39(50)22-14-32(2)11-10-25-47(42,48)5)28-41(40)44(51)36-18-16-35(17-19-36)34-12-8-7-9-13-34/h7-9,11-13,15-19,23,28,37-39,42-43,50,53H,6,10,14,20-22,24-27,29-31H2,1-5H3/t37-,38-,39-,42-,43-,47-,48+/m0/s1. The number of hydrogen-bond acceptors (Lipinski definition) is 5. The Kier molecular flexibility index (Phi) is 11.0. The van der Waals surface area contributed by atoms with E-state index in [1.165, 1.54) is 18.4 Å². The molecule has 9 rings (SSSR count). The summed E-state index contributed by atoms with van der Waals surface area (Å²) in [6.45, 7) is 12.0. The van der Waals surface area contributed by atoms with E-state index in [1.54, 1.807) is 0 Å². The minimum absolute atomic E-state index is 0.0477. The molecule has 6 aliphatic carbocycles. The average molecular weight is 732 g/mol. The van der Waals surface area contributed by atoms with Crippen LogP contribution in [0.15, 0.2) is 84.4 Å². The van der Waals surface area contributed by atoms with Crippen molar-refractivity contribution in [1.82, 2.24) is 4.90 Å². The summed E-state index contributed by atoms with van der Waals surface area (Å²) in [5.41, 5.74) is 4.98. The van der Waals surface area contributed by atoms with E-state index in [0.29, 0.717) is 61.6 Å². The van der Waals surface area contributed by atoms with Gasteiger partial charge in [0.25, 0.3) is 0 Å². The van der Waals surface area contributed by atoms with E-state index in [9.17, 15) is 19.8 Å². The van der Waals surface area contributed by atoms with Crippen LogP contribution in [0.2, 0.25) is 0 Å². The number of ether oxygens (including phenoxy) is 1. The monoisotopic (exact) mass is 731 g/mol. The molecular weight excluding hydrogens is 671 g/mol. The first-order valence-corrected chi connectivity index (χ1v) is 20.6. The third kappa shape index (κ3) is 7.33. The molecule has 3 aromatic rings. The zero-order chi connectivity index (χ0) is 38.3. The number of aliphatic hydroxyl groups excluding tert-OH is 1. The summed E-state index contributed by atoms with van der Waals surface area (Å²) in [6, 6.07) is 24.2. The number of aliphatic hydroxyl groups is 2. The van der Waals surface area contributed by atoms with Crippen molar-refractivity contribution < 1.29 is 24.5 Å². The van der Waals surface area contributed by atoms with E-state index < -0.39 is 17.1 Å². The molecule has 0 unspecified atom stereocenters. The van der Waals surface area contributed by atoms with Gasteiger partial charge in [0, 0.05) is 23.1 Å². The molecule has 4 bridgehead atoms. The summed E-state index contributed by atoms with van der Waals surface area (Å²) < 4.78 is 5.69. The lowest BCUT2D eigenvalue weighted by atomic mass is 9.45. The van der Waals surface area contributed by atoms with Crippen molar-refractivity contribution in [2.45, 2.75) is 116 Å². The van der Waals surface area contributed by atoms with Gasteiger partial charge in [-0.15, -0.1) is 0 Å². The third-order valence-corrected chi connectivity index (χ3v) is 14.6. The molecule has 6 aliphatic rings. The highest BCUT2D eigenvalue weighted by Crippen LogP contribution is 2.62. The Morgan fingerprint density at radius 3 is 2.35 bits per heavy atom. The number of fused-ring (bicyclic) bond motifs is 10. The molecule has 54 heavy (non-hydrogen) atoms. The van der Waals surface area contributed by atoms with Crippen LogP contribution in [0.25, 0.3) is 11.1 Å². The van der Waals surface area contributed by atoms with Gasteiger partial charge in [0.05, 0.1) is 24.9 Å². The number of allylic oxidation sites excluding steroid dienone is 2. The van der Waals surface area contributed by atoms with Crippen LogP contribution in [0.4, 0.5) is 4.79 Å². The SMILES string of the molecule is CCOC(=O)N(C[C@@H]1CC[C@H]2C[C@@H]1C2(C)C)C[C@]1(O)CC[C@H]2c3ccc(cc3C(=O)c3ccc(-c4ccccc4)cc3)C[C@@H](O)CCC(C)=CCC[C@@]21C. The molecule has 0 saturated heterocycles. The fraction of sp³-hybridized carbons (Fsp3) is 0.542.